The van der Waals surface area contributed by atoms with Crippen LogP contribution in [-0.4, -0.2) is 323 Å². The monoisotopic (exact) mass is 2050 g/mol. The molecule has 810 valence electrons. The lowest BCUT2D eigenvalue weighted by atomic mass is 9.44. The number of aliphatic hydroxyl groups excluding tert-OH is 1. The van der Waals surface area contributed by atoms with Gasteiger partial charge in [0.05, 0.1) is 171 Å². The molecule has 0 radical (unpaired) electrons. The molecule has 4 saturated carbocycles. The van der Waals surface area contributed by atoms with Gasteiger partial charge in [-0.25, -0.2) is 27.8 Å². The summed E-state index contributed by atoms with van der Waals surface area (Å²) in [5.41, 5.74) is 1.18. The van der Waals surface area contributed by atoms with Gasteiger partial charge in [-0.1, -0.05) is 70.4 Å². The number of hydrogen-bond donors (Lipinski definition) is 11. The number of carbonyl (C=O) groups is 11. The lowest BCUT2D eigenvalue weighted by Crippen LogP contribution is -2.71. The van der Waals surface area contributed by atoms with Gasteiger partial charge in [0, 0.05) is 73.4 Å². The van der Waals surface area contributed by atoms with Gasteiger partial charge in [0.25, 0.3) is 0 Å². The molecule has 12 N–H and O–H groups in total. The third kappa shape index (κ3) is 33.9. The molecule has 1 saturated heterocycles. The number of amides is 10. The van der Waals surface area contributed by atoms with E-state index in [0.29, 0.717) is 171 Å². The van der Waals surface area contributed by atoms with Crippen molar-refractivity contribution >= 4 is 76.6 Å². The highest BCUT2D eigenvalue weighted by Crippen LogP contribution is 2.72. The van der Waals surface area contributed by atoms with E-state index in [1.807, 2.05) is 11.6 Å². The Balaban J connectivity index is 0.616. The van der Waals surface area contributed by atoms with Crippen LogP contribution in [0.25, 0.3) is 0 Å². The summed E-state index contributed by atoms with van der Waals surface area (Å²) in [5, 5.41) is 45.9. The number of primary amides is 1. The minimum atomic E-state index is -2.37. The standard InChI is InChI=1S/C104H154F2N14O26/c1-9-20-92-145-88-63-78-79-62-81(105)80-61-73(121)35-38-101(80,4)103(79,106)86(122)64-102(78,5)104(88,146-92)87(123)67-141-74-33-31-72(32-34-74)113-100(132)143-65-70-27-29-71(30-28-70)112-95(127)83(24-19-40-110-98(107)130)115-97(129)93(69(2)3)116-96(128)82(114-90(125)37-46-134-50-54-138-57-59-139-55-51-135-47-42-111-99(131)144-66-77-75-21-13-10-11-14-22-76(75)77)23-17-18-39-108-91(126)68-142-85-26-16-12-15-25-84-94(85)117-118-119(84)43-48-136-52-56-140-60-58-137-53-49-133-45-36-89(124)109-41-44-120(6,7)8/h27-35,38,61,69,75-79,81-83,85-86,88,92-93,122H,9,12-26,36-37,39-60,62-68H2,1-8H3,(H10-,107,108,109,110,111,112,113,114,115,116,124,125,126,127,128,129,130,131,132)/p+1/t75-,76+,77?,78-,79-,81-,82+,83-,85?,86-,88+,92?,93-,101-,102-,103-,104+/m0/s1. The number of nitrogens with one attached hydrogen (secondary N) is 9. The Kier molecular flexibility index (Phi) is 46.1. The Labute approximate surface area is 854 Å². The predicted octanol–water partition coefficient (Wildman–Crippen LogP) is 7.74. The number of alkyl halides is 2. The van der Waals surface area contributed by atoms with E-state index in [1.54, 1.807) is 45.0 Å². The lowest BCUT2D eigenvalue weighted by Gasteiger charge is -2.63. The molecular weight excluding hydrogens is 1900 g/mol. The summed E-state index contributed by atoms with van der Waals surface area (Å²) >= 11 is 0. The van der Waals surface area contributed by atoms with Crippen LogP contribution in [0.2, 0.25) is 0 Å². The van der Waals surface area contributed by atoms with Crippen LogP contribution >= 0.6 is 0 Å². The Morgan fingerprint density at radius 2 is 1.25 bits per heavy atom. The molecular formula is C104H155F2N14O26+. The van der Waals surface area contributed by atoms with Crippen LogP contribution in [0.1, 0.15) is 186 Å². The number of aromatic nitrogens is 3. The highest BCUT2D eigenvalue weighted by atomic mass is 19.1. The first kappa shape index (κ1) is 116. The molecule has 7 aliphatic carbocycles. The molecule has 17 atom stereocenters. The summed E-state index contributed by atoms with van der Waals surface area (Å²) < 4.78 is 119. The van der Waals surface area contributed by atoms with Crippen molar-refractivity contribution in [3.8, 4) is 17.6 Å². The largest absolute Gasteiger partial charge is 0.486 e. The normalized spacial score (nSPS) is 24.8. The molecule has 40 nitrogen and oxygen atoms in total. The summed E-state index contributed by atoms with van der Waals surface area (Å²) in [6.07, 6.45) is 6.83. The number of nitrogens with two attached hydrogens (primary N) is 1. The van der Waals surface area contributed by atoms with Crippen molar-refractivity contribution in [3.63, 3.8) is 0 Å². The molecule has 11 rings (SSSR count). The number of allylic oxidation sites excluding steroid dienone is 4. The summed E-state index contributed by atoms with van der Waals surface area (Å²) in [6.45, 7) is 15.2. The molecule has 3 aromatic rings. The summed E-state index contributed by atoms with van der Waals surface area (Å²) in [7, 11) is 6.21. The number of unbranched alkanes of at least 4 members (excludes halogenated alkanes) is 1. The number of rotatable bonds is 64. The fourth-order valence-corrected chi connectivity index (χ4v) is 20.8. The van der Waals surface area contributed by atoms with Gasteiger partial charge in [0.15, 0.2) is 23.3 Å². The molecule has 0 spiro atoms. The number of nitrogens with zero attached hydrogens (tertiary/aromatic N) is 4. The molecule has 1 aliphatic heterocycles. The minimum absolute atomic E-state index is 0.00741. The number of Topliss-reactive ketones (excluding diaryl/α,β-unsaturated/α-hetero) is 1. The third-order valence-electron chi connectivity index (χ3n) is 28.6. The minimum Gasteiger partial charge on any atom is -0.486 e. The van der Waals surface area contributed by atoms with Crippen molar-refractivity contribution < 1.29 is 137 Å². The first-order chi connectivity index (χ1) is 70.2. The van der Waals surface area contributed by atoms with Gasteiger partial charge in [0.2, 0.25) is 41.2 Å². The molecule has 146 heavy (non-hydrogen) atoms. The number of anilines is 2. The van der Waals surface area contributed by atoms with Crippen molar-refractivity contribution in [2.75, 3.05) is 190 Å². The van der Waals surface area contributed by atoms with Crippen LogP contribution in [0.4, 0.5) is 34.5 Å². The second-order valence-electron chi connectivity index (χ2n) is 40.4. The zero-order chi connectivity index (χ0) is 105. The van der Waals surface area contributed by atoms with Crippen LogP contribution in [0.5, 0.6) is 5.75 Å². The average molecular weight is 2060 g/mol. The number of hydrogen-bond acceptors (Lipinski definition) is 28. The van der Waals surface area contributed by atoms with E-state index >= 15 is 8.78 Å². The number of quaternary nitrogens is 1. The van der Waals surface area contributed by atoms with E-state index in [-0.39, 0.29) is 134 Å². The van der Waals surface area contributed by atoms with Crippen LogP contribution in [0.3, 0.4) is 0 Å². The number of carbonyl (C=O) groups excluding carboxylic acids is 11. The lowest BCUT2D eigenvalue weighted by molar-refractivity contribution is -0.869. The van der Waals surface area contributed by atoms with Gasteiger partial charge >= 0.3 is 18.2 Å². The number of benzene rings is 2. The zero-order valence-corrected chi connectivity index (χ0v) is 85.9. The summed E-state index contributed by atoms with van der Waals surface area (Å²) in [4.78, 5) is 147. The molecule has 10 amide bonds. The molecule has 1 aromatic heterocycles. The van der Waals surface area contributed by atoms with Crippen LogP contribution in [0, 0.1) is 58.2 Å². The van der Waals surface area contributed by atoms with E-state index < -0.39 is 149 Å². The van der Waals surface area contributed by atoms with Crippen molar-refractivity contribution in [1.29, 1.82) is 0 Å². The fraction of sp³-hybridized carbons (Fsp3) is 0.702. The molecule has 3 unspecified atom stereocenters. The second-order valence-corrected chi connectivity index (χ2v) is 40.4. The first-order valence-electron chi connectivity index (χ1n) is 51.9. The molecule has 0 bridgehead atoms. The van der Waals surface area contributed by atoms with Crippen LogP contribution in [0.15, 0.2) is 72.3 Å². The van der Waals surface area contributed by atoms with Gasteiger partial charge in [0.1, 0.15) is 61.7 Å². The smallest absolute Gasteiger partial charge is 0.411 e. The molecule has 2 heterocycles. The van der Waals surface area contributed by atoms with E-state index in [0.717, 1.165) is 74.2 Å². The number of ketones is 2. The number of halogens is 2. The fourth-order valence-electron chi connectivity index (χ4n) is 20.8. The maximum absolute atomic E-state index is 18.1. The topological polar surface area (TPSA) is 502 Å². The van der Waals surface area contributed by atoms with Crippen LogP contribution < -0.4 is 58.3 Å². The molecule has 2 aromatic carbocycles. The number of fused-ring (bicyclic) bond motifs is 9. The van der Waals surface area contributed by atoms with Gasteiger partial charge in [-0.2, -0.15) is 0 Å². The number of alkyl carbamates (subject to hydrolysis) is 1. The number of likely N-dealkylation sites (N-methyl/N-ethyl adjacent to an activating group) is 1. The molecule has 42 heteroatoms. The van der Waals surface area contributed by atoms with E-state index in [1.165, 1.54) is 43.3 Å². The predicted molar refractivity (Wildman–Crippen MR) is 530 cm³/mol. The first-order valence-corrected chi connectivity index (χ1v) is 51.9. The van der Waals surface area contributed by atoms with E-state index in [2.05, 4.69) is 91.1 Å². The summed E-state index contributed by atoms with van der Waals surface area (Å²) in [6, 6.07) is 7.98. The third-order valence-corrected chi connectivity index (χ3v) is 28.6. The maximum Gasteiger partial charge on any atom is 0.411 e. The number of ether oxygens (including phenoxy) is 14. The van der Waals surface area contributed by atoms with Gasteiger partial charge < -0.3 is 124 Å². The average Bonchev–Trinajstić information content (AvgIpc) is 1.46. The summed E-state index contributed by atoms with van der Waals surface area (Å²) in [5.74, 6) is 1.93. The highest BCUT2D eigenvalue weighted by Gasteiger charge is 2.80. The highest BCUT2D eigenvalue weighted by molar-refractivity contribution is 6.02. The quantitative estimate of drug-likeness (QED) is 0.0146. The Morgan fingerprint density at radius 3 is 1.90 bits per heavy atom. The maximum atomic E-state index is 18.1. The van der Waals surface area contributed by atoms with Gasteiger partial charge in [-0.05, 0) is 186 Å². The van der Waals surface area contributed by atoms with Crippen molar-refractivity contribution in [2.45, 2.75) is 243 Å². The van der Waals surface area contributed by atoms with Gasteiger partial charge in [-0.15, -0.1) is 16.9 Å². The van der Waals surface area contributed by atoms with Crippen LogP contribution in [-0.2, 0) is 120 Å². The molecule has 5 fully saturated rings. The number of aliphatic hydroxyl groups is 1. The van der Waals surface area contributed by atoms with E-state index in [4.69, 9.17) is 72.0 Å². The Morgan fingerprint density at radius 1 is 0.637 bits per heavy atom. The Hall–Kier alpha value is -10.3. The second kappa shape index (κ2) is 58.1. The van der Waals surface area contributed by atoms with Gasteiger partial charge in [-0.3, -0.25) is 43.7 Å². The van der Waals surface area contributed by atoms with Crippen molar-refractivity contribution in [3.05, 3.63) is 89.3 Å². The van der Waals surface area contributed by atoms with E-state index in [9.17, 15) is 57.8 Å². The van der Waals surface area contributed by atoms with Crippen molar-refractivity contribution in [1.82, 2.24) is 52.2 Å². The Bertz CT molecular complexity index is 4850. The van der Waals surface area contributed by atoms with Crippen molar-refractivity contribution in [2.24, 2.45) is 52.1 Å². The number of urea groups is 1. The molecule has 8 aliphatic rings. The zero-order valence-electron chi connectivity index (χ0n) is 85.9. The SMILES string of the molecule is CCCC1O[C@@H]2C[C@H]3[C@@H]4C[C@H](F)C5=CC(=O)C=C[C@]5(C)[C@@]4(F)[C@@H](O)C[C@]3(C)[C@]2(C(=O)COc2ccc(NC(=O)OCc3ccc(NC(=O)[C@H](CCCNC(N)=O)NC(=O)[C@@H](NC(=O)[C@@H](CCCCNC(=O)COC4CCCCCc5c4nnn5CCOCCOCCOCCOCCC(=O)NCC[N+](C)(C)C)NC(=O)CCOCCOCCOCCOCCNC(=O)OCC4[C@H]5CCC#CCC[C@@H]45)C(C)C)cc3)cc2)O1.